The molecule has 0 amide bonds. The molecule has 166 valence electrons. The van der Waals surface area contributed by atoms with Crippen LogP contribution in [0, 0.1) is 3.57 Å². The number of benzene rings is 4. The van der Waals surface area contributed by atoms with E-state index < -0.39 is 5.97 Å². The predicted molar refractivity (Wildman–Crippen MR) is 139 cm³/mol. The van der Waals surface area contributed by atoms with E-state index >= 15 is 0 Å². The van der Waals surface area contributed by atoms with E-state index in [2.05, 4.69) is 32.6 Å². The maximum absolute atomic E-state index is 12.2. The second kappa shape index (κ2) is 9.48. The van der Waals surface area contributed by atoms with E-state index in [1.165, 1.54) is 0 Å². The van der Waals surface area contributed by atoms with Gasteiger partial charge < -0.3 is 14.3 Å². The number of aromatic nitrogens is 1. The van der Waals surface area contributed by atoms with Crippen molar-refractivity contribution < 1.29 is 19.1 Å². The van der Waals surface area contributed by atoms with Crippen molar-refractivity contribution in [1.29, 1.82) is 0 Å². The van der Waals surface area contributed by atoms with Crippen LogP contribution in [0.25, 0.3) is 22.6 Å². The van der Waals surface area contributed by atoms with Crippen LogP contribution in [-0.4, -0.2) is 22.3 Å². The van der Waals surface area contributed by atoms with E-state index in [1.807, 2.05) is 36.4 Å². The van der Waals surface area contributed by atoms with Gasteiger partial charge in [0, 0.05) is 15.9 Å². The number of fused-ring (bicyclic) bond motifs is 1. The van der Waals surface area contributed by atoms with Crippen LogP contribution in [0.1, 0.15) is 15.9 Å². The van der Waals surface area contributed by atoms with Gasteiger partial charge in [0.1, 0.15) is 17.0 Å². The molecule has 5 aromatic rings. The summed E-state index contributed by atoms with van der Waals surface area (Å²) < 4.78 is 12.2. The Hall–Kier alpha value is -3.98. The number of hydrogen-bond donors (Lipinski definition) is 1. The van der Waals surface area contributed by atoms with Crippen LogP contribution in [-0.2, 0) is 0 Å². The highest BCUT2D eigenvalue weighted by atomic mass is 127. The van der Waals surface area contributed by atoms with Crippen molar-refractivity contribution in [3.05, 3.63) is 106 Å². The van der Waals surface area contributed by atoms with Crippen molar-refractivity contribution in [2.24, 2.45) is 4.99 Å². The predicted octanol–water partition coefficient (Wildman–Crippen LogP) is 6.77. The number of oxazole rings is 1. The molecule has 0 atom stereocenters. The van der Waals surface area contributed by atoms with Crippen LogP contribution in [0.4, 0.5) is 5.69 Å². The Morgan fingerprint density at radius 1 is 0.971 bits per heavy atom. The average molecular weight is 560 g/mol. The maximum atomic E-state index is 12.2. The number of carbonyl (C=O) groups excluding carboxylic acids is 1. The zero-order valence-electron chi connectivity index (χ0n) is 17.7. The summed E-state index contributed by atoms with van der Waals surface area (Å²) in [6, 6.07) is 26.7. The second-order valence-electron chi connectivity index (χ2n) is 7.41. The van der Waals surface area contributed by atoms with Crippen LogP contribution in [0.15, 0.2) is 100 Å². The third-order valence-electron chi connectivity index (χ3n) is 5.04. The summed E-state index contributed by atoms with van der Waals surface area (Å²) in [5.74, 6) is 0.414. The molecule has 5 rings (SSSR count). The molecule has 34 heavy (non-hydrogen) atoms. The second-order valence-corrected chi connectivity index (χ2v) is 8.66. The lowest BCUT2D eigenvalue weighted by molar-refractivity contribution is 0.0734. The van der Waals surface area contributed by atoms with Gasteiger partial charge in [-0.25, -0.2) is 9.78 Å². The van der Waals surface area contributed by atoms with Gasteiger partial charge in [-0.1, -0.05) is 12.1 Å². The van der Waals surface area contributed by atoms with Crippen molar-refractivity contribution in [2.75, 3.05) is 0 Å². The Morgan fingerprint density at radius 3 is 2.47 bits per heavy atom. The maximum Gasteiger partial charge on any atom is 0.343 e. The van der Waals surface area contributed by atoms with E-state index in [-0.39, 0.29) is 5.75 Å². The Balaban J connectivity index is 1.27. The van der Waals surface area contributed by atoms with Gasteiger partial charge in [0.2, 0.25) is 5.89 Å². The minimum Gasteiger partial charge on any atom is -0.507 e. The van der Waals surface area contributed by atoms with Gasteiger partial charge in [0.25, 0.3) is 0 Å². The number of esters is 1. The van der Waals surface area contributed by atoms with Crippen molar-refractivity contribution >= 4 is 51.6 Å². The van der Waals surface area contributed by atoms with Crippen LogP contribution in [0.3, 0.4) is 0 Å². The Bertz CT molecular complexity index is 1470. The van der Waals surface area contributed by atoms with E-state index in [9.17, 15) is 9.90 Å². The van der Waals surface area contributed by atoms with Gasteiger partial charge in [0.05, 0.1) is 16.8 Å². The third-order valence-corrected chi connectivity index (χ3v) is 5.76. The summed E-state index contributed by atoms with van der Waals surface area (Å²) in [6.07, 6.45) is 1.67. The molecule has 0 fully saturated rings. The molecule has 0 aliphatic heterocycles. The quantitative estimate of drug-likeness (QED) is 0.111. The number of para-hydroxylation sites is 2. The molecule has 0 radical (unpaired) electrons. The molecule has 7 heteroatoms. The Kier molecular flexibility index (Phi) is 6.09. The lowest BCUT2D eigenvalue weighted by Crippen LogP contribution is -2.08. The number of nitrogens with zero attached hydrogens (tertiary/aromatic N) is 2. The normalized spacial score (nSPS) is 11.2. The van der Waals surface area contributed by atoms with E-state index in [0.29, 0.717) is 34.0 Å². The first-order valence-corrected chi connectivity index (χ1v) is 11.4. The Labute approximate surface area is 208 Å². The van der Waals surface area contributed by atoms with Gasteiger partial charge in [-0.15, -0.1) is 0 Å². The molecule has 0 saturated heterocycles. The van der Waals surface area contributed by atoms with Gasteiger partial charge in [0.15, 0.2) is 5.58 Å². The lowest BCUT2D eigenvalue weighted by atomic mass is 10.2. The molecule has 0 bridgehead atoms. The highest BCUT2D eigenvalue weighted by Gasteiger charge is 2.12. The smallest absolute Gasteiger partial charge is 0.343 e. The summed E-state index contributed by atoms with van der Waals surface area (Å²) in [5, 5.41) is 10.5. The molecule has 0 aliphatic rings. The molecule has 1 heterocycles. The highest BCUT2D eigenvalue weighted by molar-refractivity contribution is 14.1. The first-order chi connectivity index (χ1) is 16.5. The van der Waals surface area contributed by atoms with Crippen molar-refractivity contribution in [3.8, 4) is 23.0 Å². The number of ether oxygens (including phenoxy) is 1. The van der Waals surface area contributed by atoms with E-state index in [1.54, 1.807) is 60.8 Å². The van der Waals surface area contributed by atoms with Crippen LogP contribution >= 0.6 is 22.6 Å². The monoisotopic (exact) mass is 560 g/mol. The molecule has 1 aromatic heterocycles. The summed E-state index contributed by atoms with van der Waals surface area (Å²) in [6.45, 7) is 0. The van der Waals surface area contributed by atoms with Gasteiger partial charge in [-0.3, -0.25) is 4.99 Å². The van der Waals surface area contributed by atoms with Crippen molar-refractivity contribution in [2.45, 2.75) is 0 Å². The minimum atomic E-state index is -0.410. The van der Waals surface area contributed by atoms with Crippen LogP contribution in [0.2, 0.25) is 0 Å². The number of phenolic OH excluding ortho intramolecular Hbond substituents is 1. The minimum absolute atomic E-state index is 0.0269. The number of aromatic hydroxyl groups is 1. The summed E-state index contributed by atoms with van der Waals surface area (Å²) in [5.41, 5.74) is 3.77. The number of carbonyl (C=O) groups is 1. The zero-order valence-corrected chi connectivity index (χ0v) is 19.8. The number of phenols is 1. The molecule has 0 unspecified atom stereocenters. The molecule has 1 N–H and O–H groups in total. The molecular weight excluding hydrogens is 543 g/mol. The molecule has 0 saturated carbocycles. The third kappa shape index (κ3) is 4.84. The lowest BCUT2D eigenvalue weighted by Gasteiger charge is -2.05. The number of hydrogen-bond acceptors (Lipinski definition) is 6. The molecule has 0 aliphatic carbocycles. The van der Waals surface area contributed by atoms with Gasteiger partial charge >= 0.3 is 5.97 Å². The summed E-state index contributed by atoms with van der Waals surface area (Å²) in [7, 11) is 0. The molecule has 6 nitrogen and oxygen atoms in total. The standard InChI is InChI=1S/C27H17IN2O4/c28-19-9-7-18(8-10-19)27(32)33-21-12-5-17(6-13-21)16-29-20-11-14-22(24(31)15-20)26-30-23-3-1-2-4-25(23)34-26/h1-16,31H. The van der Waals surface area contributed by atoms with E-state index in [0.717, 1.165) is 14.7 Å². The van der Waals surface area contributed by atoms with Crippen LogP contribution < -0.4 is 4.74 Å². The van der Waals surface area contributed by atoms with Crippen molar-refractivity contribution in [1.82, 2.24) is 4.98 Å². The number of aliphatic imine (C=N–C) groups is 1. The molecule has 0 spiro atoms. The number of halogens is 1. The summed E-state index contributed by atoms with van der Waals surface area (Å²) >= 11 is 2.18. The molecular formula is C27H17IN2O4. The first kappa shape index (κ1) is 21.8. The fraction of sp³-hybridized carbons (Fsp3) is 0. The topological polar surface area (TPSA) is 84.9 Å². The first-order valence-electron chi connectivity index (χ1n) is 10.4. The summed E-state index contributed by atoms with van der Waals surface area (Å²) in [4.78, 5) is 21.1. The average Bonchev–Trinajstić information content (AvgIpc) is 3.28. The largest absolute Gasteiger partial charge is 0.507 e. The van der Waals surface area contributed by atoms with Gasteiger partial charge in [-0.05, 0) is 101 Å². The fourth-order valence-electron chi connectivity index (χ4n) is 3.29. The number of rotatable bonds is 5. The molecule has 4 aromatic carbocycles. The van der Waals surface area contributed by atoms with Crippen molar-refractivity contribution in [3.63, 3.8) is 0 Å². The van der Waals surface area contributed by atoms with Gasteiger partial charge in [-0.2, -0.15) is 0 Å². The van der Waals surface area contributed by atoms with E-state index in [4.69, 9.17) is 9.15 Å². The fourth-order valence-corrected chi connectivity index (χ4v) is 3.65. The highest BCUT2D eigenvalue weighted by Crippen LogP contribution is 2.33. The van der Waals surface area contributed by atoms with Crippen LogP contribution in [0.5, 0.6) is 11.5 Å². The zero-order chi connectivity index (χ0) is 23.5. The SMILES string of the molecule is O=C(Oc1ccc(C=Nc2ccc(-c3nc4ccccc4o3)c(O)c2)cc1)c1ccc(I)cc1. The Morgan fingerprint density at radius 2 is 1.74 bits per heavy atom.